The molecule has 0 heterocycles. The molecule has 0 bridgehead atoms. The first-order chi connectivity index (χ1) is 11.0. The average Bonchev–Trinajstić information content (AvgIpc) is 2.54. The summed E-state index contributed by atoms with van der Waals surface area (Å²) in [6.07, 6.45) is 0.963. The second kappa shape index (κ2) is 8.65. The first-order valence-corrected chi connectivity index (χ1v) is 7.87. The van der Waals surface area contributed by atoms with Gasteiger partial charge in [0.2, 0.25) is 5.91 Å². The van der Waals surface area contributed by atoms with E-state index in [1.807, 2.05) is 24.3 Å². The lowest BCUT2D eigenvalue weighted by Crippen LogP contribution is -2.28. The maximum Gasteiger partial charge on any atom is 0.220 e. The molecule has 0 spiro atoms. The molecule has 0 aliphatic heterocycles. The van der Waals surface area contributed by atoms with E-state index in [2.05, 4.69) is 5.32 Å². The first kappa shape index (κ1) is 17.4. The fourth-order valence-corrected chi connectivity index (χ4v) is 2.36. The zero-order valence-electron chi connectivity index (χ0n) is 12.6. The molecule has 0 saturated heterocycles. The van der Waals surface area contributed by atoms with E-state index in [4.69, 9.17) is 11.6 Å². The third-order valence-corrected chi connectivity index (χ3v) is 3.76. The van der Waals surface area contributed by atoms with E-state index in [0.29, 0.717) is 23.4 Å². The summed E-state index contributed by atoms with van der Waals surface area (Å²) in [5, 5.41) is 13.3. The minimum absolute atomic E-state index is 0.0727. The normalized spacial score (nSPS) is 12.0. The standard InChI is InChI=1S/C18H19ClFNO2/c19-15-9-7-13(8-10-15)3-1-6-18(23)21-12-17(22)14-4-2-5-16(20)11-14/h2,4-5,7-11,17,22H,1,3,6,12H2,(H,21,23)/t17-/m1/s1. The Morgan fingerprint density at radius 1 is 1.22 bits per heavy atom. The molecule has 3 nitrogen and oxygen atoms in total. The molecule has 0 aliphatic carbocycles. The van der Waals surface area contributed by atoms with Gasteiger partial charge in [0.1, 0.15) is 5.82 Å². The Bertz CT molecular complexity index is 646. The van der Waals surface area contributed by atoms with Gasteiger partial charge in [-0.1, -0.05) is 35.9 Å². The van der Waals surface area contributed by atoms with Crippen LogP contribution in [0.2, 0.25) is 5.02 Å². The number of carbonyl (C=O) groups excluding carboxylic acids is 1. The minimum Gasteiger partial charge on any atom is -0.387 e. The van der Waals surface area contributed by atoms with Crippen molar-refractivity contribution in [1.29, 1.82) is 0 Å². The van der Waals surface area contributed by atoms with Crippen molar-refractivity contribution in [2.75, 3.05) is 6.54 Å². The topological polar surface area (TPSA) is 49.3 Å². The highest BCUT2D eigenvalue weighted by Crippen LogP contribution is 2.14. The lowest BCUT2D eigenvalue weighted by molar-refractivity contribution is -0.121. The maximum absolute atomic E-state index is 13.1. The summed E-state index contributed by atoms with van der Waals surface area (Å²) in [5.74, 6) is -0.537. The van der Waals surface area contributed by atoms with Gasteiger partial charge in [0.25, 0.3) is 0 Å². The van der Waals surface area contributed by atoms with Crippen LogP contribution in [0.3, 0.4) is 0 Å². The van der Waals surface area contributed by atoms with Gasteiger partial charge in [-0.2, -0.15) is 0 Å². The molecule has 1 amide bonds. The van der Waals surface area contributed by atoms with Gasteiger partial charge < -0.3 is 10.4 Å². The lowest BCUT2D eigenvalue weighted by Gasteiger charge is -2.12. The van der Waals surface area contributed by atoms with E-state index in [-0.39, 0.29) is 12.5 Å². The van der Waals surface area contributed by atoms with Gasteiger partial charge in [0.05, 0.1) is 6.10 Å². The van der Waals surface area contributed by atoms with Crippen LogP contribution < -0.4 is 5.32 Å². The summed E-state index contributed by atoms with van der Waals surface area (Å²) < 4.78 is 13.1. The molecule has 2 aromatic rings. The van der Waals surface area contributed by atoms with E-state index in [1.54, 1.807) is 6.07 Å². The SMILES string of the molecule is O=C(CCCc1ccc(Cl)cc1)NC[C@@H](O)c1cccc(F)c1. The molecule has 23 heavy (non-hydrogen) atoms. The second-order valence-corrected chi connectivity index (χ2v) is 5.79. The highest BCUT2D eigenvalue weighted by Gasteiger charge is 2.10. The Labute approximate surface area is 140 Å². The number of rotatable bonds is 7. The molecule has 122 valence electrons. The number of aliphatic hydroxyl groups excluding tert-OH is 1. The van der Waals surface area contributed by atoms with Gasteiger partial charge >= 0.3 is 0 Å². The zero-order valence-corrected chi connectivity index (χ0v) is 13.4. The van der Waals surface area contributed by atoms with Crippen LogP contribution in [0.1, 0.15) is 30.1 Å². The number of hydrogen-bond acceptors (Lipinski definition) is 2. The summed E-state index contributed by atoms with van der Waals surface area (Å²) in [5.41, 5.74) is 1.58. The zero-order chi connectivity index (χ0) is 16.7. The lowest BCUT2D eigenvalue weighted by atomic mass is 10.1. The van der Waals surface area contributed by atoms with Gasteiger partial charge in [-0.25, -0.2) is 4.39 Å². The van der Waals surface area contributed by atoms with E-state index in [9.17, 15) is 14.3 Å². The summed E-state index contributed by atoms with van der Waals surface area (Å²) >= 11 is 5.82. The number of nitrogens with one attached hydrogen (secondary N) is 1. The van der Waals surface area contributed by atoms with E-state index < -0.39 is 11.9 Å². The van der Waals surface area contributed by atoms with Crippen LogP contribution in [0.5, 0.6) is 0 Å². The van der Waals surface area contributed by atoms with Gasteiger partial charge in [-0.15, -0.1) is 0 Å². The largest absolute Gasteiger partial charge is 0.387 e. The molecule has 5 heteroatoms. The Morgan fingerprint density at radius 3 is 2.65 bits per heavy atom. The number of halogens is 2. The molecule has 0 radical (unpaired) electrons. The average molecular weight is 336 g/mol. The fourth-order valence-electron chi connectivity index (χ4n) is 2.23. The molecule has 0 fully saturated rings. The third kappa shape index (κ3) is 6.00. The van der Waals surface area contributed by atoms with Crippen molar-refractivity contribution in [3.8, 4) is 0 Å². The number of hydrogen-bond donors (Lipinski definition) is 2. The minimum atomic E-state index is -0.911. The van der Waals surface area contributed by atoms with E-state index in [1.165, 1.54) is 18.2 Å². The van der Waals surface area contributed by atoms with Crippen molar-refractivity contribution in [2.24, 2.45) is 0 Å². The Morgan fingerprint density at radius 2 is 1.96 bits per heavy atom. The molecule has 0 aliphatic rings. The highest BCUT2D eigenvalue weighted by molar-refractivity contribution is 6.30. The molecular formula is C18H19ClFNO2. The molecule has 0 unspecified atom stereocenters. The smallest absolute Gasteiger partial charge is 0.220 e. The third-order valence-electron chi connectivity index (χ3n) is 3.51. The van der Waals surface area contributed by atoms with Crippen molar-refractivity contribution >= 4 is 17.5 Å². The van der Waals surface area contributed by atoms with Crippen molar-refractivity contribution in [1.82, 2.24) is 5.32 Å². The predicted octanol–water partition coefficient (Wildman–Crippen LogP) is 3.65. The van der Waals surface area contributed by atoms with Gasteiger partial charge in [-0.05, 0) is 48.2 Å². The van der Waals surface area contributed by atoms with Crippen molar-refractivity contribution in [3.05, 3.63) is 70.5 Å². The summed E-state index contributed by atoms with van der Waals surface area (Å²) in [7, 11) is 0. The van der Waals surface area contributed by atoms with Crippen LogP contribution in [-0.4, -0.2) is 17.6 Å². The molecule has 0 saturated carbocycles. The molecule has 2 rings (SSSR count). The predicted molar refractivity (Wildman–Crippen MR) is 88.8 cm³/mol. The van der Waals surface area contributed by atoms with E-state index >= 15 is 0 Å². The van der Waals surface area contributed by atoms with Crippen LogP contribution in [-0.2, 0) is 11.2 Å². The Hall–Kier alpha value is -1.91. The summed E-state index contributed by atoms with van der Waals surface area (Å²) in [6.45, 7) is 0.0727. The number of aryl methyl sites for hydroxylation is 1. The number of amides is 1. The molecule has 2 aromatic carbocycles. The Kier molecular flexibility index (Phi) is 6.56. The van der Waals surface area contributed by atoms with Crippen LogP contribution >= 0.6 is 11.6 Å². The number of aliphatic hydroxyl groups is 1. The number of carbonyl (C=O) groups is 1. The van der Waals surface area contributed by atoms with Crippen molar-refractivity contribution in [2.45, 2.75) is 25.4 Å². The first-order valence-electron chi connectivity index (χ1n) is 7.49. The summed E-state index contributed by atoms with van der Waals surface area (Å²) in [6, 6.07) is 13.3. The van der Waals surface area contributed by atoms with Crippen LogP contribution in [0, 0.1) is 5.82 Å². The quantitative estimate of drug-likeness (QED) is 0.811. The van der Waals surface area contributed by atoms with Gasteiger partial charge in [0, 0.05) is 18.0 Å². The van der Waals surface area contributed by atoms with Crippen LogP contribution in [0.4, 0.5) is 4.39 Å². The molecular weight excluding hydrogens is 317 g/mol. The number of benzene rings is 2. The van der Waals surface area contributed by atoms with E-state index in [0.717, 1.165) is 12.0 Å². The highest BCUT2D eigenvalue weighted by atomic mass is 35.5. The maximum atomic E-state index is 13.1. The van der Waals surface area contributed by atoms with Crippen LogP contribution in [0.25, 0.3) is 0 Å². The monoisotopic (exact) mass is 335 g/mol. The van der Waals surface area contributed by atoms with Gasteiger partial charge in [-0.3, -0.25) is 4.79 Å². The Balaban J connectivity index is 1.69. The van der Waals surface area contributed by atoms with Gasteiger partial charge in [0.15, 0.2) is 0 Å². The molecule has 0 aromatic heterocycles. The second-order valence-electron chi connectivity index (χ2n) is 5.35. The van der Waals surface area contributed by atoms with Crippen molar-refractivity contribution < 1.29 is 14.3 Å². The summed E-state index contributed by atoms with van der Waals surface area (Å²) in [4.78, 5) is 11.8. The van der Waals surface area contributed by atoms with Crippen molar-refractivity contribution in [3.63, 3.8) is 0 Å². The molecule has 2 N–H and O–H groups in total. The fraction of sp³-hybridized carbons (Fsp3) is 0.278. The van der Waals surface area contributed by atoms with Crippen LogP contribution in [0.15, 0.2) is 48.5 Å². The molecule has 1 atom stereocenters.